The monoisotopic (exact) mass is 323 g/mol. The van der Waals surface area contributed by atoms with Crippen LogP contribution in [0.25, 0.3) is 0 Å². The summed E-state index contributed by atoms with van der Waals surface area (Å²) in [6.45, 7) is 4.36. The molecule has 0 unspecified atom stereocenters. The van der Waals surface area contributed by atoms with Gasteiger partial charge in [-0.25, -0.2) is 0 Å². The molecule has 0 atom stereocenters. The summed E-state index contributed by atoms with van der Waals surface area (Å²) in [4.78, 5) is 11.6. The van der Waals surface area contributed by atoms with Crippen LogP contribution in [0, 0.1) is 0 Å². The standard InChI is InChI=1S/C13H21N3O2.2ClH/c1-13(2,14)9-16-12(17)8-15-10-6-4-5-7-11(10)18-3;;/h4-7,15H,8-9,14H2,1-3H3,(H,16,17);2*1H. The third-order valence-electron chi connectivity index (χ3n) is 2.29. The van der Waals surface area contributed by atoms with Crippen molar-refractivity contribution in [2.45, 2.75) is 19.4 Å². The summed E-state index contributed by atoms with van der Waals surface area (Å²) in [5.74, 6) is 0.615. The van der Waals surface area contributed by atoms with Crippen LogP contribution < -0.4 is 21.1 Å². The van der Waals surface area contributed by atoms with Crippen LogP contribution in [0.15, 0.2) is 24.3 Å². The molecule has 5 nitrogen and oxygen atoms in total. The lowest BCUT2D eigenvalue weighted by molar-refractivity contribution is -0.119. The molecule has 0 heterocycles. The van der Waals surface area contributed by atoms with Crippen LogP contribution in [0.2, 0.25) is 0 Å². The second kappa shape index (κ2) is 9.69. The number of ether oxygens (including phenoxy) is 1. The Morgan fingerprint density at radius 3 is 2.45 bits per heavy atom. The molecule has 7 heteroatoms. The fraction of sp³-hybridized carbons (Fsp3) is 0.462. The molecule has 0 aliphatic heterocycles. The summed E-state index contributed by atoms with van der Waals surface area (Å²) in [6.07, 6.45) is 0. The van der Waals surface area contributed by atoms with Gasteiger partial charge in [-0.15, -0.1) is 24.8 Å². The van der Waals surface area contributed by atoms with Crippen molar-refractivity contribution in [3.63, 3.8) is 0 Å². The highest BCUT2D eigenvalue weighted by Gasteiger charge is 2.12. The van der Waals surface area contributed by atoms with E-state index in [0.717, 1.165) is 5.69 Å². The lowest BCUT2D eigenvalue weighted by Crippen LogP contribution is -2.46. The maximum atomic E-state index is 11.6. The van der Waals surface area contributed by atoms with E-state index in [4.69, 9.17) is 10.5 Å². The fourth-order valence-electron chi connectivity index (χ4n) is 1.36. The van der Waals surface area contributed by atoms with Gasteiger partial charge in [0.2, 0.25) is 5.91 Å². The molecule has 0 saturated heterocycles. The molecule has 20 heavy (non-hydrogen) atoms. The van der Waals surface area contributed by atoms with Crippen molar-refractivity contribution in [1.82, 2.24) is 5.32 Å². The first kappa shape index (κ1) is 21.1. The van der Waals surface area contributed by atoms with Crippen molar-refractivity contribution in [2.24, 2.45) is 5.73 Å². The summed E-state index contributed by atoms with van der Waals surface area (Å²) >= 11 is 0. The molecule has 0 bridgehead atoms. The van der Waals surface area contributed by atoms with E-state index in [9.17, 15) is 4.79 Å². The number of carbonyl (C=O) groups excluding carboxylic acids is 1. The van der Waals surface area contributed by atoms with Gasteiger partial charge in [0.1, 0.15) is 5.75 Å². The van der Waals surface area contributed by atoms with Crippen LogP contribution >= 0.6 is 24.8 Å². The van der Waals surface area contributed by atoms with Crippen LogP contribution in [-0.2, 0) is 4.79 Å². The van der Waals surface area contributed by atoms with Gasteiger partial charge in [0.15, 0.2) is 0 Å². The SMILES string of the molecule is COc1ccccc1NCC(=O)NCC(C)(C)N.Cl.Cl. The van der Waals surface area contributed by atoms with Gasteiger partial charge < -0.3 is 21.1 Å². The smallest absolute Gasteiger partial charge is 0.239 e. The van der Waals surface area contributed by atoms with Crippen molar-refractivity contribution < 1.29 is 9.53 Å². The second-order valence-corrected chi connectivity index (χ2v) is 4.82. The Bertz CT molecular complexity index is 409. The predicted molar refractivity (Wildman–Crippen MR) is 87.3 cm³/mol. The molecule has 116 valence electrons. The van der Waals surface area contributed by atoms with Gasteiger partial charge in [-0.2, -0.15) is 0 Å². The molecule has 4 N–H and O–H groups in total. The highest BCUT2D eigenvalue weighted by molar-refractivity contribution is 5.85. The largest absolute Gasteiger partial charge is 0.495 e. The minimum Gasteiger partial charge on any atom is -0.495 e. The Kier molecular flexibility index (Phi) is 10.2. The Hall–Kier alpha value is -1.17. The van der Waals surface area contributed by atoms with Crippen LogP contribution in [0.3, 0.4) is 0 Å². The number of hydrogen-bond donors (Lipinski definition) is 3. The van der Waals surface area contributed by atoms with E-state index in [0.29, 0.717) is 12.3 Å². The number of methoxy groups -OCH3 is 1. The number of halogens is 2. The molecule has 0 spiro atoms. The van der Waals surface area contributed by atoms with E-state index >= 15 is 0 Å². The van der Waals surface area contributed by atoms with Crippen molar-refractivity contribution in [3.05, 3.63) is 24.3 Å². The number of rotatable bonds is 6. The van der Waals surface area contributed by atoms with Crippen LogP contribution in [0.4, 0.5) is 5.69 Å². The zero-order valence-electron chi connectivity index (χ0n) is 11.9. The Labute approximate surface area is 132 Å². The summed E-state index contributed by atoms with van der Waals surface area (Å²) in [7, 11) is 1.59. The van der Waals surface area contributed by atoms with Crippen molar-refractivity contribution >= 4 is 36.4 Å². The molecule has 0 saturated carbocycles. The molecule has 1 aromatic rings. The van der Waals surface area contributed by atoms with Crippen LogP contribution in [0.5, 0.6) is 5.75 Å². The van der Waals surface area contributed by atoms with Crippen molar-refractivity contribution in [1.29, 1.82) is 0 Å². The van der Waals surface area contributed by atoms with Gasteiger partial charge in [0.25, 0.3) is 0 Å². The van der Waals surface area contributed by atoms with Gasteiger partial charge in [-0.1, -0.05) is 12.1 Å². The van der Waals surface area contributed by atoms with E-state index in [2.05, 4.69) is 10.6 Å². The number of para-hydroxylation sites is 2. The maximum Gasteiger partial charge on any atom is 0.239 e. The summed E-state index contributed by atoms with van der Waals surface area (Å²) in [5.41, 5.74) is 6.17. The first-order chi connectivity index (χ1) is 8.42. The highest BCUT2D eigenvalue weighted by atomic mass is 35.5. The van der Waals surface area contributed by atoms with Gasteiger partial charge in [0.05, 0.1) is 19.3 Å². The molecule has 1 aromatic carbocycles. The average Bonchev–Trinajstić information content (AvgIpc) is 2.33. The van der Waals surface area contributed by atoms with E-state index in [1.165, 1.54) is 0 Å². The van der Waals surface area contributed by atoms with Crippen LogP contribution in [0.1, 0.15) is 13.8 Å². The minimum atomic E-state index is -0.403. The summed E-state index contributed by atoms with van der Waals surface area (Å²) < 4.78 is 5.18. The molecular weight excluding hydrogens is 301 g/mol. The number of nitrogens with two attached hydrogens (primary N) is 1. The van der Waals surface area contributed by atoms with Gasteiger partial charge >= 0.3 is 0 Å². The molecule has 0 aliphatic rings. The molecule has 0 fully saturated rings. The second-order valence-electron chi connectivity index (χ2n) is 4.82. The third kappa shape index (κ3) is 8.09. The number of nitrogens with one attached hydrogen (secondary N) is 2. The van der Waals surface area contributed by atoms with Crippen molar-refractivity contribution in [2.75, 3.05) is 25.5 Å². The first-order valence-corrected chi connectivity index (χ1v) is 5.85. The molecular formula is C13H23Cl2N3O2. The number of amides is 1. The third-order valence-corrected chi connectivity index (χ3v) is 2.29. The Morgan fingerprint density at radius 1 is 1.30 bits per heavy atom. The summed E-state index contributed by atoms with van der Waals surface area (Å²) in [6, 6.07) is 7.45. The van der Waals surface area contributed by atoms with E-state index in [1.807, 2.05) is 38.1 Å². The molecule has 1 rings (SSSR count). The Balaban J connectivity index is 0. The van der Waals surface area contributed by atoms with E-state index in [1.54, 1.807) is 7.11 Å². The zero-order valence-corrected chi connectivity index (χ0v) is 13.6. The summed E-state index contributed by atoms with van der Waals surface area (Å²) in [5, 5.41) is 5.79. The lowest BCUT2D eigenvalue weighted by atomic mass is 10.1. The van der Waals surface area contributed by atoms with Crippen LogP contribution in [-0.4, -0.2) is 31.6 Å². The number of benzene rings is 1. The molecule has 0 radical (unpaired) electrons. The topological polar surface area (TPSA) is 76.4 Å². The van der Waals surface area contributed by atoms with E-state index < -0.39 is 5.54 Å². The predicted octanol–water partition coefficient (Wildman–Crippen LogP) is 1.80. The van der Waals surface area contributed by atoms with Crippen molar-refractivity contribution in [3.8, 4) is 5.75 Å². The Morgan fingerprint density at radius 2 is 1.90 bits per heavy atom. The lowest BCUT2D eigenvalue weighted by Gasteiger charge is -2.19. The molecule has 0 aliphatic carbocycles. The normalized spacial score (nSPS) is 9.80. The first-order valence-electron chi connectivity index (χ1n) is 5.85. The number of carbonyl (C=O) groups is 1. The maximum absolute atomic E-state index is 11.6. The minimum absolute atomic E-state index is 0. The number of anilines is 1. The zero-order chi connectivity index (χ0) is 13.6. The van der Waals surface area contributed by atoms with E-state index in [-0.39, 0.29) is 37.3 Å². The van der Waals surface area contributed by atoms with Gasteiger partial charge in [-0.3, -0.25) is 4.79 Å². The van der Waals surface area contributed by atoms with Gasteiger partial charge in [0, 0.05) is 12.1 Å². The average molecular weight is 324 g/mol. The van der Waals surface area contributed by atoms with Gasteiger partial charge in [-0.05, 0) is 26.0 Å². The number of hydrogen-bond acceptors (Lipinski definition) is 4. The molecule has 0 aromatic heterocycles. The molecule has 1 amide bonds. The quantitative estimate of drug-likeness (QED) is 0.746. The fourth-order valence-corrected chi connectivity index (χ4v) is 1.36. The highest BCUT2D eigenvalue weighted by Crippen LogP contribution is 2.22.